The second-order valence-corrected chi connectivity index (χ2v) is 6.45. The molecule has 17 heavy (non-hydrogen) atoms. The number of nitrogens with zero attached hydrogens (tertiary/aromatic N) is 2. The van der Waals surface area contributed by atoms with Gasteiger partial charge in [-0.05, 0) is 30.6 Å². The van der Waals surface area contributed by atoms with Crippen LogP contribution in [0.25, 0.3) is 0 Å². The number of aromatic nitrogens is 2. The molecule has 0 bridgehead atoms. The zero-order valence-corrected chi connectivity index (χ0v) is 11.8. The Hall–Kier alpha value is -0.990. The SMILES string of the molecule is CNc1c(C2CCC2)c(CC(C)(C)C)nn1C. The number of hydrogen-bond acceptors (Lipinski definition) is 2. The second kappa shape index (κ2) is 4.35. The van der Waals surface area contributed by atoms with E-state index in [-0.39, 0.29) is 0 Å². The summed E-state index contributed by atoms with van der Waals surface area (Å²) in [5, 5.41) is 8.04. The third-order valence-corrected chi connectivity index (χ3v) is 3.61. The van der Waals surface area contributed by atoms with Crippen molar-refractivity contribution in [2.45, 2.75) is 52.4 Å². The smallest absolute Gasteiger partial charge is 0.127 e. The maximum Gasteiger partial charge on any atom is 0.127 e. The molecule has 0 radical (unpaired) electrons. The van der Waals surface area contributed by atoms with E-state index in [0.29, 0.717) is 5.41 Å². The summed E-state index contributed by atoms with van der Waals surface area (Å²) >= 11 is 0. The third-order valence-electron chi connectivity index (χ3n) is 3.61. The minimum atomic E-state index is 0.303. The van der Waals surface area contributed by atoms with Gasteiger partial charge >= 0.3 is 0 Å². The Morgan fingerprint density at radius 3 is 2.41 bits per heavy atom. The summed E-state index contributed by atoms with van der Waals surface area (Å²) < 4.78 is 2.01. The molecule has 1 aliphatic rings. The molecule has 0 aromatic carbocycles. The molecule has 0 unspecified atom stereocenters. The van der Waals surface area contributed by atoms with Crippen molar-refractivity contribution in [1.29, 1.82) is 0 Å². The molecule has 1 N–H and O–H groups in total. The largest absolute Gasteiger partial charge is 0.373 e. The molecule has 3 heteroatoms. The van der Waals surface area contributed by atoms with E-state index >= 15 is 0 Å². The second-order valence-electron chi connectivity index (χ2n) is 6.45. The molecule has 0 amide bonds. The van der Waals surface area contributed by atoms with Gasteiger partial charge in [0.25, 0.3) is 0 Å². The van der Waals surface area contributed by atoms with Crippen LogP contribution in [0.2, 0.25) is 0 Å². The third kappa shape index (κ3) is 2.48. The van der Waals surface area contributed by atoms with Crippen molar-refractivity contribution in [1.82, 2.24) is 9.78 Å². The first-order valence-electron chi connectivity index (χ1n) is 6.66. The molecule has 2 rings (SSSR count). The lowest BCUT2D eigenvalue weighted by atomic mass is 9.77. The summed E-state index contributed by atoms with van der Waals surface area (Å²) in [6.45, 7) is 6.85. The molecule has 0 atom stereocenters. The average molecular weight is 235 g/mol. The topological polar surface area (TPSA) is 29.9 Å². The highest BCUT2D eigenvalue weighted by molar-refractivity contribution is 5.50. The number of hydrogen-bond donors (Lipinski definition) is 1. The van der Waals surface area contributed by atoms with Gasteiger partial charge in [-0.3, -0.25) is 4.68 Å². The van der Waals surface area contributed by atoms with Gasteiger partial charge in [0.05, 0.1) is 5.69 Å². The minimum Gasteiger partial charge on any atom is -0.373 e. The predicted molar refractivity (Wildman–Crippen MR) is 72.5 cm³/mol. The van der Waals surface area contributed by atoms with Crippen LogP contribution in [0.4, 0.5) is 5.82 Å². The quantitative estimate of drug-likeness (QED) is 0.871. The summed E-state index contributed by atoms with van der Waals surface area (Å²) in [6, 6.07) is 0. The van der Waals surface area contributed by atoms with Gasteiger partial charge in [0.15, 0.2) is 0 Å². The van der Waals surface area contributed by atoms with E-state index in [1.165, 1.54) is 36.3 Å². The zero-order valence-electron chi connectivity index (χ0n) is 11.8. The molecule has 0 spiro atoms. The Kier molecular flexibility index (Phi) is 3.19. The van der Waals surface area contributed by atoms with E-state index < -0.39 is 0 Å². The van der Waals surface area contributed by atoms with E-state index in [1.54, 1.807) is 0 Å². The fraction of sp³-hybridized carbons (Fsp3) is 0.786. The van der Waals surface area contributed by atoms with Gasteiger partial charge in [0.1, 0.15) is 5.82 Å². The normalized spacial score (nSPS) is 17.0. The van der Waals surface area contributed by atoms with E-state index in [4.69, 9.17) is 5.10 Å². The lowest BCUT2D eigenvalue weighted by molar-refractivity contribution is 0.388. The van der Waals surface area contributed by atoms with E-state index in [1.807, 2.05) is 18.8 Å². The van der Waals surface area contributed by atoms with Crippen LogP contribution in [0.3, 0.4) is 0 Å². The number of anilines is 1. The van der Waals surface area contributed by atoms with Crippen molar-refractivity contribution in [3.05, 3.63) is 11.3 Å². The summed E-state index contributed by atoms with van der Waals surface area (Å²) in [4.78, 5) is 0. The number of rotatable bonds is 3. The van der Waals surface area contributed by atoms with Gasteiger partial charge < -0.3 is 5.32 Å². The first kappa shape index (κ1) is 12.5. The summed E-state index contributed by atoms with van der Waals surface area (Å²) in [6.07, 6.45) is 5.10. The zero-order chi connectivity index (χ0) is 12.6. The van der Waals surface area contributed by atoms with Crippen LogP contribution in [0.5, 0.6) is 0 Å². The van der Waals surface area contributed by atoms with Gasteiger partial charge in [-0.25, -0.2) is 0 Å². The fourth-order valence-electron chi connectivity index (χ4n) is 2.65. The van der Waals surface area contributed by atoms with Crippen molar-refractivity contribution in [3.63, 3.8) is 0 Å². The van der Waals surface area contributed by atoms with Crippen LogP contribution < -0.4 is 5.32 Å². The molecule has 1 aliphatic carbocycles. The highest BCUT2D eigenvalue weighted by Crippen LogP contribution is 2.42. The molecule has 1 fully saturated rings. The standard InChI is InChI=1S/C14H25N3/c1-14(2,3)9-11-12(10-7-6-8-10)13(15-4)17(5)16-11/h10,15H,6-9H2,1-5H3. The molecular weight excluding hydrogens is 210 g/mol. The Morgan fingerprint density at radius 1 is 1.35 bits per heavy atom. The summed E-state index contributed by atoms with van der Waals surface area (Å²) in [5.41, 5.74) is 3.09. The predicted octanol–water partition coefficient (Wildman–Crippen LogP) is 3.32. The molecule has 1 aromatic heterocycles. The van der Waals surface area contributed by atoms with Crippen LogP contribution in [0.15, 0.2) is 0 Å². The van der Waals surface area contributed by atoms with E-state index in [9.17, 15) is 0 Å². The highest BCUT2D eigenvalue weighted by atomic mass is 15.3. The monoisotopic (exact) mass is 235 g/mol. The van der Waals surface area contributed by atoms with Crippen molar-refractivity contribution in [2.75, 3.05) is 12.4 Å². The van der Waals surface area contributed by atoms with Gasteiger partial charge in [-0.2, -0.15) is 5.10 Å². The van der Waals surface area contributed by atoms with Crippen LogP contribution in [0, 0.1) is 5.41 Å². The molecule has 1 heterocycles. The molecular formula is C14H25N3. The maximum absolute atomic E-state index is 4.72. The Morgan fingerprint density at radius 2 is 2.00 bits per heavy atom. The molecule has 96 valence electrons. The summed E-state index contributed by atoms with van der Waals surface area (Å²) in [5.74, 6) is 1.96. The lowest BCUT2D eigenvalue weighted by Gasteiger charge is -2.28. The molecule has 1 saturated carbocycles. The Balaban J connectivity index is 2.36. The number of aryl methyl sites for hydroxylation is 1. The maximum atomic E-state index is 4.72. The van der Waals surface area contributed by atoms with Crippen LogP contribution in [-0.2, 0) is 13.5 Å². The van der Waals surface area contributed by atoms with Crippen LogP contribution in [0.1, 0.15) is 57.2 Å². The molecule has 3 nitrogen and oxygen atoms in total. The highest BCUT2D eigenvalue weighted by Gasteiger charge is 2.29. The van der Waals surface area contributed by atoms with Crippen molar-refractivity contribution in [2.24, 2.45) is 12.5 Å². The first-order chi connectivity index (χ1) is 7.92. The molecule has 0 aliphatic heterocycles. The van der Waals surface area contributed by atoms with Crippen LogP contribution in [-0.4, -0.2) is 16.8 Å². The van der Waals surface area contributed by atoms with Gasteiger partial charge in [0, 0.05) is 19.7 Å². The minimum absolute atomic E-state index is 0.303. The lowest BCUT2D eigenvalue weighted by Crippen LogP contribution is -2.16. The van der Waals surface area contributed by atoms with Crippen molar-refractivity contribution in [3.8, 4) is 0 Å². The Bertz CT molecular complexity index is 394. The van der Waals surface area contributed by atoms with Crippen LogP contribution >= 0.6 is 0 Å². The van der Waals surface area contributed by atoms with E-state index in [0.717, 1.165) is 12.3 Å². The van der Waals surface area contributed by atoms with Gasteiger partial charge in [-0.15, -0.1) is 0 Å². The fourth-order valence-corrected chi connectivity index (χ4v) is 2.65. The van der Waals surface area contributed by atoms with Crippen molar-refractivity contribution < 1.29 is 0 Å². The van der Waals surface area contributed by atoms with Crippen molar-refractivity contribution >= 4 is 5.82 Å². The van der Waals surface area contributed by atoms with Gasteiger partial charge in [0.2, 0.25) is 0 Å². The molecule has 0 saturated heterocycles. The first-order valence-corrected chi connectivity index (χ1v) is 6.66. The van der Waals surface area contributed by atoms with E-state index in [2.05, 4.69) is 26.1 Å². The summed E-state index contributed by atoms with van der Waals surface area (Å²) in [7, 11) is 4.04. The average Bonchev–Trinajstić information content (AvgIpc) is 2.37. The Labute approximate surface area is 105 Å². The number of nitrogens with one attached hydrogen (secondary N) is 1. The molecule has 1 aromatic rings. The van der Waals surface area contributed by atoms with Gasteiger partial charge in [-0.1, -0.05) is 27.2 Å².